The normalized spacial score (nSPS) is 17.1. The van der Waals surface area contributed by atoms with Crippen molar-refractivity contribution in [2.45, 2.75) is 30.2 Å². The molecule has 0 bridgehead atoms. The molecule has 3 rings (SSSR count). The van der Waals surface area contributed by atoms with Gasteiger partial charge in [-0.25, -0.2) is 4.98 Å². The quantitative estimate of drug-likeness (QED) is 0.827. The number of rotatable bonds is 3. The largest absolute Gasteiger partial charge is 0.327 e. The Kier molecular flexibility index (Phi) is 4.73. The van der Waals surface area contributed by atoms with E-state index in [1.807, 2.05) is 12.3 Å². The van der Waals surface area contributed by atoms with Gasteiger partial charge < -0.3 is 5.73 Å². The number of amides is 1. The Morgan fingerprint density at radius 1 is 1.55 bits per heavy atom. The van der Waals surface area contributed by atoms with E-state index in [4.69, 9.17) is 17.3 Å². The average Bonchev–Trinajstić information content (AvgIpc) is 2.88. The molecule has 0 saturated heterocycles. The molecule has 1 aromatic carbocycles. The van der Waals surface area contributed by atoms with Crippen LogP contribution < -0.4 is 11.1 Å². The van der Waals surface area contributed by atoms with Crippen LogP contribution in [0.4, 0.5) is 5.13 Å². The van der Waals surface area contributed by atoms with Gasteiger partial charge in [-0.3, -0.25) is 10.1 Å². The van der Waals surface area contributed by atoms with Gasteiger partial charge in [0.05, 0.1) is 16.3 Å². The number of benzene rings is 1. The standard InChI is InChI=1S/C15H16ClN3OS2/c1-21-9-3-4-11(16)10(7-9)14(20)19-15-18-12-5-2-8(17)6-13(12)22-15/h3-4,7-8H,2,5-6,17H2,1H3,(H,18,19,20)/t8-/m0/s1. The third-order valence-corrected chi connectivity index (χ3v) is 5.71. The number of thiazole rings is 1. The summed E-state index contributed by atoms with van der Waals surface area (Å²) in [5.41, 5.74) is 7.51. The molecule has 1 aliphatic rings. The molecule has 116 valence electrons. The molecular formula is C15H16ClN3OS2. The van der Waals surface area contributed by atoms with Crippen molar-refractivity contribution in [3.8, 4) is 0 Å². The van der Waals surface area contributed by atoms with E-state index in [0.717, 1.165) is 29.9 Å². The van der Waals surface area contributed by atoms with Crippen molar-refractivity contribution < 1.29 is 4.79 Å². The van der Waals surface area contributed by atoms with Gasteiger partial charge in [-0.05, 0) is 43.7 Å². The molecule has 1 heterocycles. The first-order valence-electron chi connectivity index (χ1n) is 6.96. The van der Waals surface area contributed by atoms with E-state index >= 15 is 0 Å². The highest BCUT2D eigenvalue weighted by Gasteiger charge is 2.21. The number of anilines is 1. The minimum atomic E-state index is -0.226. The molecule has 0 aliphatic heterocycles. The number of aromatic nitrogens is 1. The van der Waals surface area contributed by atoms with Gasteiger partial charge in [-0.2, -0.15) is 0 Å². The molecule has 0 saturated carbocycles. The zero-order chi connectivity index (χ0) is 15.7. The number of thioether (sulfide) groups is 1. The van der Waals surface area contributed by atoms with Gasteiger partial charge in [0.25, 0.3) is 5.91 Å². The molecule has 1 aromatic heterocycles. The van der Waals surface area contributed by atoms with E-state index < -0.39 is 0 Å². The summed E-state index contributed by atoms with van der Waals surface area (Å²) >= 11 is 9.21. The second-order valence-electron chi connectivity index (χ2n) is 5.19. The lowest BCUT2D eigenvalue weighted by Crippen LogP contribution is -2.27. The summed E-state index contributed by atoms with van der Waals surface area (Å²) in [6, 6.07) is 5.64. The van der Waals surface area contributed by atoms with Crippen molar-refractivity contribution in [3.05, 3.63) is 39.4 Å². The van der Waals surface area contributed by atoms with Crippen LogP contribution in [0, 0.1) is 0 Å². The van der Waals surface area contributed by atoms with Crippen LogP contribution >= 0.6 is 34.7 Å². The van der Waals surface area contributed by atoms with Crippen LogP contribution in [0.3, 0.4) is 0 Å². The smallest absolute Gasteiger partial charge is 0.258 e. The summed E-state index contributed by atoms with van der Waals surface area (Å²) in [4.78, 5) is 19.1. The Hall–Kier alpha value is -1.08. The molecule has 2 aromatic rings. The van der Waals surface area contributed by atoms with Crippen LogP contribution in [0.1, 0.15) is 27.3 Å². The Bertz CT molecular complexity index is 717. The fourth-order valence-electron chi connectivity index (χ4n) is 2.42. The van der Waals surface area contributed by atoms with Gasteiger partial charge in [-0.15, -0.1) is 23.1 Å². The lowest BCUT2D eigenvalue weighted by molar-refractivity contribution is 0.102. The van der Waals surface area contributed by atoms with Gasteiger partial charge in [-0.1, -0.05) is 11.6 Å². The van der Waals surface area contributed by atoms with Gasteiger partial charge in [0.15, 0.2) is 5.13 Å². The maximum Gasteiger partial charge on any atom is 0.258 e. The summed E-state index contributed by atoms with van der Waals surface area (Å²) in [6.45, 7) is 0. The highest BCUT2D eigenvalue weighted by atomic mass is 35.5. The minimum absolute atomic E-state index is 0.198. The predicted octanol–water partition coefficient (Wildman–Crippen LogP) is 3.59. The summed E-state index contributed by atoms with van der Waals surface area (Å²) in [5.74, 6) is -0.226. The number of nitrogens with two attached hydrogens (primary N) is 1. The molecule has 1 amide bonds. The number of aryl methyl sites for hydroxylation is 1. The van der Waals surface area contributed by atoms with E-state index in [-0.39, 0.29) is 11.9 Å². The van der Waals surface area contributed by atoms with Gasteiger partial charge >= 0.3 is 0 Å². The molecule has 1 aliphatic carbocycles. The van der Waals surface area contributed by atoms with Crippen molar-refractivity contribution in [1.29, 1.82) is 0 Å². The molecule has 7 heteroatoms. The van der Waals surface area contributed by atoms with E-state index in [9.17, 15) is 4.79 Å². The Morgan fingerprint density at radius 2 is 2.36 bits per heavy atom. The number of hydrogen-bond acceptors (Lipinski definition) is 5. The zero-order valence-corrected chi connectivity index (χ0v) is 14.4. The molecule has 0 fully saturated rings. The van der Waals surface area contributed by atoms with Gasteiger partial charge in [0.2, 0.25) is 0 Å². The third kappa shape index (κ3) is 3.30. The Labute approximate surface area is 142 Å². The highest BCUT2D eigenvalue weighted by Crippen LogP contribution is 2.30. The first-order valence-corrected chi connectivity index (χ1v) is 9.38. The minimum Gasteiger partial charge on any atom is -0.327 e. The number of fused-ring (bicyclic) bond motifs is 1. The molecule has 3 N–H and O–H groups in total. The van der Waals surface area contributed by atoms with Crippen LogP contribution in [-0.4, -0.2) is 23.2 Å². The molecule has 1 atom stereocenters. The van der Waals surface area contributed by atoms with Gasteiger partial charge in [0.1, 0.15) is 0 Å². The van der Waals surface area contributed by atoms with Crippen LogP contribution in [0.2, 0.25) is 5.02 Å². The number of nitrogens with zero attached hydrogens (tertiary/aromatic N) is 1. The highest BCUT2D eigenvalue weighted by molar-refractivity contribution is 7.98. The first kappa shape index (κ1) is 15.8. The summed E-state index contributed by atoms with van der Waals surface area (Å²) in [5, 5.41) is 3.92. The average molecular weight is 354 g/mol. The number of nitrogens with one attached hydrogen (secondary N) is 1. The number of halogens is 1. The van der Waals surface area contributed by atoms with Crippen LogP contribution in [0.5, 0.6) is 0 Å². The summed E-state index contributed by atoms with van der Waals surface area (Å²) in [6.07, 6.45) is 4.63. The van der Waals surface area contributed by atoms with Crippen molar-refractivity contribution in [2.24, 2.45) is 5.73 Å². The van der Waals surface area contributed by atoms with Crippen LogP contribution in [0.15, 0.2) is 23.1 Å². The van der Waals surface area contributed by atoms with Crippen LogP contribution in [-0.2, 0) is 12.8 Å². The monoisotopic (exact) mass is 353 g/mol. The van der Waals surface area contributed by atoms with E-state index in [2.05, 4.69) is 10.3 Å². The number of carbonyl (C=O) groups excluding carboxylic acids is 1. The maximum atomic E-state index is 12.4. The number of hydrogen-bond donors (Lipinski definition) is 2. The van der Waals surface area contributed by atoms with Crippen molar-refractivity contribution in [3.63, 3.8) is 0 Å². The SMILES string of the molecule is CSc1ccc(Cl)c(C(=O)Nc2nc3c(s2)C[C@@H](N)CC3)c1. The van der Waals surface area contributed by atoms with Crippen LogP contribution in [0.25, 0.3) is 0 Å². The van der Waals surface area contributed by atoms with E-state index in [0.29, 0.717) is 15.7 Å². The van der Waals surface area contributed by atoms with E-state index in [1.165, 1.54) is 16.2 Å². The Balaban J connectivity index is 1.80. The van der Waals surface area contributed by atoms with Gasteiger partial charge in [0, 0.05) is 15.8 Å². The molecule has 4 nitrogen and oxygen atoms in total. The van der Waals surface area contributed by atoms with Crippen molar-refractivity contribution in [2.75, 3.05) is 11.6 Å². The number of carbonyl (C=O) groups is 1. The van der Waals surface area contributed by atoms with Crippen molar-refractivity contribution in [1.82, 2.24) is 4.98 Å². The lowest BCUT2D eigenvalue weighted by atomic mass is 9.99. The molecule has 22 heavy (non-hydrogen) atoms. The maximum absolute atomic E-state index is 12.4. The van der Waals surface area contributed by atoms with Crippen molar-refractivity contribution >= 4 is 45.7 Å². The van der Waals surface area contributed by atoms with E-state index in [1.54, 1.807) is 23.9 Å². The summed E-state index contributed by atoms with van der Waals surface area (Å²) in [7, 11) is 0. The fraction of sp³-hybridized carbons (Fsp3) is 0.333. The summed E-state index contributed by atoms with van der Waals surface area (Å²) < 4.78 is 0. The zero-order valence-electron chi connectivity index (χ0n) is 12.1. The second-order valence-corrected chi connectivity index (χ2v) is 7.56. The molecular weight excluding hydrogens is 338 g/mol. The first-order chi connectivity index (χ1) is 10.6. The third-order valence-electron chi connectivity index (χ3n) is 3.62. The lowest BCUT2D eigenvalue weighted by Gasteiger charge is -2.15. The predicted molar refractivity (Wildman–Crippen MR) is 93.3 cm³/mol. The topological polar surface area (TPSA) is 68.0 Å². The molecule has 0 unspecified atom stereocenters. The second kappa shape index (κ2) is 6.58. The Morgan fingerprint density at radius 3 is 3.14 bits per heavy atom. The molecule has 0 spiro atoms. The molecule has 0 radical (unpaired) electrons. The fourth-order valence-corrected chi connectivity index (χ4v) is 4.16.